The molecule has 0 aromatic carbocycles. The first-order valence-electron chi connectivity index (χ1n) is 5.20. The Morgan fingerprint density at radius 1 is 1.69 bits per heavy atom. The summed E-state index contributed by atoms with van der Waals surface area (Å²) in [5, 5.41) is 3.18. The molecule has 0 aliphatic carbocycles. The Hall–Kier alpha value is -1.13. The summed E-state index contributed by atoms with van der Waals surface area (Å²) in [4.78, 5) is 15.5. The zero-order valence-electron chi connectivity index (χ0n) is 9.46. The number of hydrogen-bond donors (Lipinski definition) is 2. The fourth-order valence-electron chi connectivity index (χ4n) is 1.22. The van der Waals surface area contributed by atoms with Gasteiger partial charge in [0.05, 0.1) is 11.9 Å². The summed E-state index contributed by atoms with van der Waals surface area (Å²) < 4.78 is 0. The van der Waals surface area contributed by atoms with Gasteiger partial charge >= 0.3 is 0 Å². The molecule has 88 valence electrons. The molecule has 5 heteroatoms. The third-order valence-electron chi connectivity index (χ3n) is 2.27. The Morgan fingerprint density at radius 3 is 2.94 bits per heavy atom. The number of nitrogens with two attached hydrogens (primary N) is 1. The number of aromatic nitrogens is 1. The molecule has 4 nitrogen and oxygen atoms in total. The number of hydrogen-bond acceptors (Lipinski definition) is 3. The van der Waals surface area contributed by atoms with Crippen molar-refractivity contribution >= 4 is 23.2 Å². The van der Waals surface area contributed by atoms with Crippen molar-refractivity contribution in [1.82, 2.24) is 4.98 Å². The quantitative estimate of drug-likeness (QED) is 0.794. The largest absolute Gasteiger partial charge is 0.327 e. The highest BCUT2D eigenvalue weighted by molar-refractivity contribution is 6.30. The average molecular weight is 242 g/mol. The molecule has 1 rings (SSSR count). The number of rotatable bonds is 4. The van der Waals surface area contributed by atoms with Crippen LogP contribution in [0.3, 0.4) is 0 Å². The molecule has 0 bridgehead atoms. The van der Waals surface area contributed by atoms with E-state index in [1.807, 2.05) is 13.8 Å². The zero-order chi connectivity index (χ0) is 12.1. The summed E-state index contributed by atoms with van der Waals surface area (Å²) in [6.45, 7) is 3.79. The van der Waals surface area contributed by atoms with Crippen molar-refractivity contribution in [2.75, 3.05) is 5.32 Å². The Bertz CT molecular complexity index is 381. The maximum absolute atomic E-state index is 11.5. The van der Waals surface area contributed by atoms with E-state index in [4.69, 9.17) is 17.3 Å². The highest BCUT2D eigenvalue weighted by atomic mass is 35.5. The molecule has 1 atom stereocenters. The topological polar surface area (TPSA) is 68.0 Å². The molecule has 1 aromatic rings. The van der Waals surface area contributed by atoms with E-state index in [-0.39, 0.29) is 11.9 Å². The molecule has 0 saturated carbocycles. The molecule has 0 aliphatic heterocycles. The third-order valence-corrected chi connectivity index (χ3v) is 2.67. The standard InChI is InChI=1S/C11H16ClN3O/c1-3-8(13)5-10(16)15-9-4-7(2)11(12)14-6-9/h4,6,8H,3,5,13H2,1-2H3,(H,15,16). The number of nitrogens with one attached hydrogen (secondary N) is 1. The molecule has 1 aromatic heterocycles. The van der Waals surface area contributed by atoms with Crippen molar-refractivity contribution in [3.05, 3.63) is 23.0 Å². The summed E-state index contributed by atoms with van der Waals surface area (Å²) in [5.41, 5.74) is 7.16. The molecule has 1 amide bonds. The van der Waals surface area contributed by atoms with Crippen LogP contribution < -0.4 is 11.1 Å². The highest BCUT2D eigenvalue weighted by Crippen LogP contribution is 2.16. The van der Waals surface area contributed by atoms with Gasteiger partial charge in [0.15, 0.2) is 0 Å². The van der Waals surface area contributed by atoms with Crippen LogP contribution in [0.15, 0.2) is 12.3 Å². The van der Waals surface area contributed by atoms with Gasteiger partial charge in [-0.1, -0.05) is 18.5 Å². The summed E-state index contributed by atoms with van der Waals surface area (Å²) in [5.74, 6) is -0.0992. The van der Waals surface area contributed by atoms with Gasteiger partial charge in [0.1, 0.15) is 5.15 Å². The second-order valence-electron chi connectivity index (χ2n) is 3.75. The lowest BCUT2D eigenvalue weighted by Gasteiger charge is -2.09. The zero-order valence-corrected chi connectivity index (χ0v) is 10.2. The van der Waals surface area contributed by atoms with Crippen molar-refractivity contribution in [3.63, 3.8) is 0 Å². The number of halogens is 1. The molecule has 0 saturated heterocycles. The van der Waals surface area contributed by atoms with Crippen molar-refractivity contribution < 1.29 is 4.79 Å². The van der Waals surface area contributed by atoms with Crippen LogP contribution in [-0.4, -0.2) is 16.9 Å². The monoisotopic (exact) mass is 241 g/mol. The fourth-order valence-corrected chi connectivity index (χ4v) is 1.32. The minimum Gasteiger partial charge on any atom is -0.327 e. The lowest BCUT2D eigenvalue weighted by molar-refractivity contribution is -0.116. The van der Waals surface area contributed by atoms with Gasteiger partial charge in [-0.2, -0.15) is 0 Å². The number of aryl methyl sites for hydroxylation is 1. The van der Waals surface area contributed by atoms with Crippen molar-refractivity contribution in [1.29, 1.82) is 0 Å². The van der Waals surface area contributed by atoms with Gasteiger partial charge in [0.2, 0.25) is 5.91 Å². The van der Waals surface area contributed by atoms with E-state index in [0.29, 0.717) is 17.3 Å². The molecular formula is C11H16ClN3O. The van der Waals surface area contributed by atoms with E-state index in [1.54, 1.807) is 6.07 Å². The first-order chi connectivity index (χ1) is 7.52. The molecule has 0 aliphatic rings. The summed E-state index contributed by atoms with van der Waals surface area (Å²) in [7, 11) is 0. The smallest absolute Gasteiger partial charge is 0.225 e. The minimum atomic E-state index is -0.0992. The lowest BCUT2D eigenvalue weighted by Crippen LogP contribution is -2.26. The van der Waals surface area contributed by atoms with Crippen LogP contribution in [-0.2, 0) is 4.79 Å². The molecule has 3 N–H and O–H groups in total. The van der Waals surface area contributed by atoms with Crippen LogP contribution in [0.1, 0.15) is 25.3 Å². The van der Waals surface area contributed by atoms with Crippen LogP contribution in [0, 0.1) is 6.92 Å². The van der Waals surface area contributed by atoms with Crippen LogP contribution in [0.5, 0.6) is 0 Å². The summed E-state index contributed by atoms with van der Waals surface area (Å²) in [6.07, 6.45) is 2.63. The van der Waals surface area contributed by atoms with Crippen LogP contribution in [0.4, 0.5) is 5.69 Å². The normalized spacial score (nSPS) is 12.2. The lowest BCUT2D eigenvalue weighted by atomic mass is 10.1. The molecule has 0 radical (unpaired) electrons. The number of amides is 1. The number of nitrogens with zero attached hydrogens (tertiary/aromatic N) is 1. The number of anilines is 1. The number of carbonyl (C=O) groups is 1. The Balaban J connectivity index is 2.59. The SMILES string of the molecule is CCC(N)CC(=O)Nc1cnc(Cl)c(C)c1. The van der Waals surface area contributed by atoms with Gasteiger partial charge in [-0.3, -0.25) is 4.79 Å². The van der Waals surface area contributed by atoms with E-state index in [2.05, 4.69) is 10.3 Å². The Kier molecular flexibility index (Phi) is 4.71. The number of pyridine rings is 1. The maximum Gasteiger partial charge on any atom is 0.225 e. The van der Waals surface area contributed by atoms with E-state index in [9.17, 15) is 4.79 Å². The molecule has 0 fully saturated rings. The summed E-state index contributed by atoms with van der Waals surface area (Å²) >= 11 is 5.78. The first kappa shape index (κ1) is 12.9. The van der Waals surface area contributed by atoms with Gasteiger partial charge in [-0.05, 0) is 25.0 Å². The highest BCUT2D eigenvalue weighted by Gasteiger charge is 2.08. The molecule has 16 heavy (non-hydrogen) atoms. The van der Waals surface area contributed by atoms with Crippen molar-refractivity contribution in [3.8, 4) is 0 Å². The molecule has 1 unspecified atom stereocenters. The predicted octanol–water partition coefficient (Wildman–Crippen LogP) is 2.11. The first-order valence-corrected chi connectivity index (χ1v) is 5.58. The van der Waals surface area contributed by atoms with Crippen molar-refractivity contribution in [2.45, 2.75) is 32.7 Å². The van der Waals surface area contributed by atoms with Crippen molar-refractivity contribution in [2.24, 2.45) is 5.73 Å². The van der Waals surface area contributed by atoms with E-state index in [1.165, 1.54) is 6.20 Å². The Morgan fingerprint density at radius 2 is 2.38 bits per heavy atom. The average Bonchev–Trinajstić information content (AvgIpc) is 2.23. The van der Waals surface area contributed by atoms with Gasteiger partial charge in [-0.15, -0.1) is 0 Å². The molecule has 1 heterocycles. The minimum absolute atomic E-state index is 0.0960. The van der Waals surface area contributed by atoms with Gasteiger partial charge in [-0.25, -0.2) is 4.98 Å². The maximum atomic E-state index is 11.5. The second-order valence-corrected chi connectivity index (χ2v) is 4.11. The van der Waals surface area contributed by atoms with E-state index < -0.39 is 0 Å². The Labute approximate surface area is 100 Å². The molecule has 0 spiro atoms. The van der Waals surface area contributed by atoms with E-state index in [0.717, 1.165) is 12.0 Å². The van der Waals surface area contributed by atoms with Gasteiger partial charge in [0, 0.05) is 12.5 Å². The second kappa shape index (κ2) is 5.82. The van der Waals surface area contributed by atoms with Crippen LogP contribution in [0.25, 0.3) is 0 Å². The van der Waals surface area contributed by atoms with Gasteiger partial charge in [0.25, 0.3) is 0 Å². The van der Waals surface area contributed by atoms with Crippen LogP contribution in [0.2, 0.25) is 5.15 Å². The summed E-state index contributed by atoms with van der Waals surface area (Å²) in [6, 6.07) is 1.69. The fraction of sp³-hybridized carbons (Fsp3) is 0.455. The third kappa shape index (κ3) is 3.79. The predicted molar refractivity (Wildman–Crippen MR) is 65.5 cm³/mol. The number of carbonyl (C=O) groups excluding carboxylic acids is 1. The van der Waals surface area contributed by atoms with Gasteiger partial charge < -0.3 is 11.1 Å². The molecular weight excluding hydrogens is 226 g/mol. The van der Waals surface area contributed by atoms with E-state index >= 15 is 0 Å². The van der Waals surface area contributed by atoms with Crippen LogP contribution >= 0.6 is 11.6 Å².